The Balaban J connectivity index is 2.11. The van der Waals surface area contributed by atoms with Crippen LogP contribution in [0.1, 0.15) is 10.4 Å². The Labute approximate surface area is 130 Å². The maximum absolute atomic E-state index is 13.4. The number of nitro groups is 1. The molecule has 0 atom stereocenters. The molecule has 0 aliphatic carbocycles. The van der Waals surface area contributed by atoms with Gasteiger partial charge in [0.15, 0.2) is 0 Å². The number of amides is 1. The summed E-state index contributed by atoms with van der Waals surface area (Å²) in [5, 5.41) is 10.5. The van der Waals surface area contributed by atoms with Crippen LogP contribution >= 0.6 is 0 Å². The average molecular weight is 339 g/mol. The van der Waals surface area contributed by atoms with Crippen LogP contribution in [0.5, 0.6) is 0 Å². The number of halogens is 1. The van der Waals surface area contributed by atoms with Crippen molar-refractivity contribution >= 4 is 21.6 Å². The van der Waals surface area contributed by atoms with Gasteiger partial charge in [-0.05, 0) is 24.3 Å². The van der Waals surface area contributed by atoms with Crippen molar-refractivity contribution in [1.29, 1.82) is 0 Å². The van der Waals surface area contributed by atoms with E-state index in [0.717, 1.165) is 30.3 Å². The van der Waals surface area contributed by atoms with Gasteiger partial charge in [0.2, 0.25) is 0 Å². The summed E-state index contributed by atoms with van der Waals surface area (Å²) < 4.78 is 37.3. The van der Waals surface area contributed by atoms with Crippen LogP contribution in [0.25, 0.3) is 0 Å². The first-order valence-electron chi connectivity index (χ1n) is 6.12. The molecule has 23 heavy (non-hydrogen) atoms. The van der Waals surface area contributed by atoms with Crippen molar-refractivity contribution in [2.75, 3.05) is 0 Å². The van der Waals surface area contributed by atoms with E-state index in [0.29, 0.717) is 0 Å². The smallest absolute Gasteiger partial charge is 0.269 e. The third kappa shape index (κ3) is 3.87. The van der Waals surface area contributed by atoms with Crippen molar-refractivity contribution in [3.8, 4) is 0 Å². The molecule has 0 unspecified atom stereocenters. The van der Waals surface area contributed by atoms with Crippen LogP contribution in [0.4, 0.5) is 10.1 Å². The van der Waals surface area contributed by atoms with E-state index in [2.05, 4.69) is 0 Å². The fourth-order valence-corrected chi connectivity index (χ4v) is 2.47. The fraction of sp³-hybridized carbons (Fsp3) is 0. The van der Waals surface area contributed by atoms with Crippen LogP contribution in [0, 0.1) is 15.9 Å². The van der Waals surface area contributed by atoms with E-state index >= 15 is 0 Å². The first kappa shape index (κ1) is 16.5. The Bertz CT molecular complexity index is 852. The molecular formula is C13H10FN3O5S. The quantitative estimate of drug-likeness (QED) is 0.630. The lowest BCUT2D eigenvalue weighted by molar-refractivity contribution is -0.384. The van der Waals surface area contributed by atoms with Gasteiger partial charge >= 0.3 is 0 Å². The number of nitrogens with one attached hydrogen (secondary N) is 2. The predicted octanol–water partition coefficient (Wildman–Crippen LogP) is 1.36. The summed E-state index contributed by atoms with van der Waals surface area (Å²) in [6, 6.07) is 9.08. The van der Waals surface area contributed by atoms with Gasteiger partial charge in [0.1, 0.15) is 5.82 Å². The molecule has 0 aliphatic rings. The zero-order valence-corrected chi connectivity index (χ0v) is 12.2. The van der Waals surface area contributed by atoms with E-state index < -0.39 is 26.7 Å². The molecule has 0 bridgehead atoms. The van der Waals surface area contributed by atoms with E-state index in [1.165, 1.54) is 18.2 Å². The third-order valence-corrected chi connectivity index (χ3v) is 4.04. The van der Waals surface area contributed by atoms with Gasteiger partial charge < -0.3 is 0 Å². The Morgan fingerprint density at radius 2 is 1.70 bits per heavy atom. The minimum Gasteiger partial charge on any atom is -0.273 e. The normalized spacial score (nSPS) is 11.0. The summed E-state index contributed by atoms with van der Waals surface area (Å²) in [5.41, 5.74) is 1.25. The van der Waals surface area contributed by atoms with E-state index in [1.54, 1.807) is 4.83 Å². The van der Waals surface area contributed by atoms with Crippen LogP contribution in [0.15, 0.2) is 53.4 Å². The molecule has 0 aromatic heterocycles. The molecule has 0 heterocycles. The summed E-state index contributed by atoms with van der Waals surface area (Å²) in [7, 11) is -4.15. The van der Waals surface area contributed by atoms with Crippen molar-refractivity contribution in [3.05, 3.63) is 70.0 Å². The van der Waals surface area contributed by atoms with Gasteiger partial charge in [0.05, 0.1) is 15.4 Å². The molecule has 1 amide bonds. The minimum absolute atomic E-state index is 0.278. The molecular weight excluding hydrogens is 329 g/mol. The number of non-ortho nitro benzene ring substituents is 1. The van der Waals surface area contributed by atoms with Crippen LogP contribution in [0.3, 0.4) is 0 Å². The van der Waals surface area contributed by atoms with E-state index in [1.807, 2.05) is 5.43 Å². The molecule has 2 aromatic carbocycles. The minimum atomic E-state index is -4.15. The zero-order chi connectivity index (χ0) is 17.0. The first-order valence-corrected chi connectivity index (χ1v) is 7.61. The second kappa shape index (κ2) is 6.50. The molecule has 2 N–H and O–H groups in total. The van der Waals surface area contributed by atoms with E-state index in [-0.39, 0.29) is 16.1 Å². The molecule has 0 radical (unpaired) electrons. The summed E-state index contributed by atoms with van der Waals surface area (Å²) in [5.74, 6) is -1.78. The standard InChI is InChI=1S/C13H10FN3O5S/c14-12-4-2-1-3-11(12)13(18)15-16-23(21,22)10-7-5-9(6-8-10)17(19)20/h1-8,16H,(H,15,18). The lowest BCUT2D eigenvalue weighted by Gasteiger charge is -2.08. The van der Waals surface area contributed by atoms with E-state index in [4.69, 9.17) is 0 Å². The molecule has 0 saturated heterocycles. The number of sulfonamides is 1. The number of rotatable bonds is 5. The Hall–Kier alpha value is -2.85. The number of carbonyl (C=O) groups is 1. The highest BCUT2D eigenvalue weighted by Gasteiger charge is 2.18. The van der Waals surface area contributed by atoms with Gasteiger partial charge in [-0.2, -0.15) is 0 Å². The monoisotopic (exact) mass is 339 g/mol. The molecule has 2 aromatic rings. The molecule has 0 spiro atoms. The fourth-order valence-electron chi connectivity index (χ4n) is 1.63. The number of carbonyl (C=O) groups excluding carboxylic acids is 1. The number of nitro benzene ring substituents is 1. The maximum Gasteiger partial charge on any atom is 0.269 e. The van der Waals surface area contributed by atoms with Gasteiger partial charge in [-0.3, -0.25) is 20.3 Å². The SMILES string of the molecule is O=C(NNS(=O)(=O)c1ccc([N+](=O)[O-])cc1)c1ccccc1F. The average Bonchev–Trinajstić information content (AvgIpc) is 2.53. The summed E-state index contributed by atoms with van der Waals surface area (Å²) in [6.07, 6.45) is 0. The van der Waals surface area contributed by atoms with Gasteiger partial charge in [0.25, 0.3) is 21.6 Å². The predicted molar refractivity (Wildman–Crippen MR) is 77.3 cm³/mol. The third-order valence-electron chi connectivity index (χ3n) is 2.78. The maximum atomic E-state index is 13.4. The lowest BCUT2D eigenvalue weighted by atomic mass is 10.2. The summed E-state index contributed by atoms with van der Waals surface area (Å²) in [6.45, 7) is 0. The summed E-state index contributed by atoms with van der Waals surface area (Å²) >= 11 is 0. The van der Waals surface area contributed by atoms with Gasteiger partial charge in [-0.1, -0.05) is 12.1 Å². The van der Waals surface area contributed by atoms with Gasteiger partial charge in [-0.15, -0.1) is 4.83 Å². The Kier molecular flexibility index (Phi) is 4.67. The highest BCUT2D eigenvalue weighted by atomic mass is 32.2. The highest BCUT2D eigenvalue weighted by Crippen LogP contribution is 2.15. The second-order valence-corrected chi connectivity index (χ2v) is 5.97. The van der Waals surface area contributed by atoms with Crippen LogP contribution < -0.4 is 10.3 Å². The molecule has 120 valence electrons. The van der Waals surface area contributed by atoms with Gasteiger partial charge in [-0.25, -0.2) is 12.8 Å². The lowest BCUT2D eigenvalue weighted by Crippen LogP contribution is -2.41. The molecule has 2 rings (SSSR count). The highest BCUT2D eigenvalue weighted by molar-refractivity contribution is 7.89. The van der Waals surface area contributed by atoms with Crippen LogP contribution in [0.2, 0.25) is 0 Å². The topological polar surface area (TPSA) is 118 Å². The Morgan fingerprint density at radius 1 is 1.09 bits per heavy atom. The van der Waals surface area contributed by atoms with Crippen molar-refractivity contribution in [2.24, 2.45) is 0 Å². The largest absolute Gasteiger partial charge is 0.273 e. The van der Waals surface area contributed by atoms with Gasteiger partial charge in [0, 0.05) is 12.1 Å². The Morgan fingerprint density at radius 3 is 2.26 bits per heavy atom. The van der Waals surface area contributed by atoms with Crippen molar-refractivity contribution in [3.63, 3.8) is 0 Å². The van der Waals surface area contributed by atoms with Crippen molar-refractivity contribution < 1.29 is 22.5 Å². The second-order valence-electron chi connectivity index (χ2n) is 4.29. The van der Waals surface area contributed by atoms with Crippen LogP contribution in [-0.2, 0) is 10.0 Å². The zero-order valence-electron chi connectivity index (χ0n) is 11.4. The van der Waals surface area contributed by atoms with Crippen molar-refractivity contribution in [2.45, 2.75) is 4.90 Å². The number of benzene rings is 2. The van der Waals surface area contributed by atoms with Crippen LogP contribution in [-0.4, -0.2) is 19.2 Å². The number of hydrogen-bond donors (Lipinski definition) is 2. The number of hydrazine groups is 1. The molecule has 0 aliphatic heterocycles. The van der Waals surface area contributed by atoms with Crippen molar-refractivity contribution in [1.82, 2.24) is 10.3 Å². The summed E-state index contributed by atoms with van der Waals surface area (Å²) in [4.78, 5) is 23.0. The first-order chi connectivity index (χ1) is 10.8. The molecule has 0 saturated carbocycles. The molecule has 10 heteroatoms. The molecule has 8 nitrogen and oxygen atoms in total. The van der Waals surface area contributed by atoms with E-state index in [9.17, 15) is 27.7 Å². The number of nitrogens with zero attached hydrogens (tertiary/aromatic N) is 1. The number of hydrogen-bond acceptors (Lipinski definition) is 5. The molecule has 0 fully saturated rings.